The van der Waals surface area contributed by atoms with Crippen molar-refractivity contribution in [2.45, 2.75) is 52.5 Å². The number of hydrogen-bond acceptors (Lipinski definition) is 4. The molecular weight excluding hydrogens is 378 g/mol. The summed E-state index contributed by atoms with van der Waals surface area (Å²) in [7, 11) is 3.81. The summed E-state index contributed by atoms with van der Waals surface area (Å²) in [4.78, 5) is 21.2. The summed E-state index contributed by atoms with van der Waals surface area (Å²) in [6.07, 6.45) is 4.32. The van der Waals surface area contributed by atoms with Gasteiger partial charge in [-0.1, -0.05) is 6.42 Å². The highest BCUT2D eigenvalue weighted by atomic mass is 16.2. The lowest BCUT2D eigenvalue weighted by atomic mass is 9.84. The Labute approximate surface area is 181 Å². The third kappa shape index (κ3) is 5.53. The molecule has 0 aromatic carbocycles. The zero-order valence-electron chi connectivity index (χ0n) is 19.4. The molecule has 1 aliphatic carbocycles. The molecule has 1 aliphatic heterocycles. The van der Waals surface area contributed by atoms with Crippen LogP contribution in [-0.2, 0) is 18.3 Å². The summed E-state index contributed by atoms with van der Waals surface area (Å²) in [5.41, 5.74) is 3.63. The minimum Gasteiger partial charge on any atom is -0.355 e. The number of aromatic nitrogens is 2. The Morgan fingerprint density at radius 2 is 1.93 bits per heavy atom. The maximum atomic E-state index is 12.4. The van der Waals surface area contributed by atoms with E-state index in [9.17, 15) is 4.79 Å². The topological polar surface area (TPSA) is 77.8 Å². The molecule has 1 atom stereocenters. The molecule has 2 aliphatic rings. The molecule has 1 aromatic heterocycles. The lowest BCUT2D eigenvalue weighted by molar-refractivity contribution is -0.139. The van der Waals surface area contributed by atoms with E-state index in [1.807, 2.05) is 18.8 Å². The molecule has 1 aromatic rings. The smallest absolute Gasteiger partial charge is 0.225 e. The van der Waals surface area contributed by atoms with Crippen molar-refractivity contribution in [1.29, 1.82) is 0 Å². The van der Waals surface area contributed by atoms with Crippen molar-refractivity contribution in [3.05, 3.63) is 17.0 Å². The summed E-state index contributed by atoms with van der Waals surface area (Å²) in [5, 5.41) is 11.4. The van der Waals surface area contributed by atoms with Gasteiger partial charge >= 0.3 is 0 Å². The highest BCUT2D eigenvalue weighted by Crippen LogP contribution is 2.28. The highest BCUT2D eigenvalue weighted by Gasteiger charge is 2.31. The van der Waals surface area contributed by atoms with Crippen LogP contribution in [0.2, 0.25) is 0 Å². The average molecular weight is 418 g/mol. The maximum absolute atomic E-state index is 12.4. The van der Waals surface area contributed by atoms with Gasteiger partial charge in [0.2, 0.25) is 5.91 Å². The molecule has 1 amide bonds. The number of nitrogens with one attached hydrogen (secondary N) is 2. The lowest BCUT2D eigenvalue weighted by Gasteiger charge is -2.38. The SMILES string of the molecule is CN=C(NCCN1CCN(C(=O)C2CCC2)CC1)NC(C)Cc1c(C)nn(C)c1C. The van der Waals surface area contributed by atoms with Crippen LogP contribution in [0.5, 0.6) is 0 Å². The van der Waals surface area contributed by atoms with Gasteiger partial charge < -0.3 is 15.5 Å². The number of nitrogens with zero attached hydrogens (tertiary/aromatic N) is 5. The Bertz CT molecular complexity index is 745. The molecule has 0 spiro atoms. The largest absolute Gasteiger partial charge is 0.355 e. The van der Waals surface area contributed by atoms with E-state index in [0.717, 1.165) is 70.2 Å². The minimum atomic E-state index is 0.263. The number of amides is 1. The van der Waals surface area contributed by atoms with Crippen LogP contribution in [0.15, 0.2) is 4.99 Å². The van der Waals surface area contributed by atoms with E-state index in [-0.39, 0.29) is 6.04 Å². The molecule has 8 heteroatoms. The Morgan fingerprint density at radius 3 is 2.47 bits per heavy atom. The summed E-state index contributed by atoms with van der Waals surface area (Å²) >= 11 is 0. The Kier molecular flexibility index (Phi) is 7.75. The molecule has 0 bridgehead atoms. The first kappa shape index (κ1) is 22.6. The molecule has 1 unspecified atom stereocenters. The summed E-state index contributed by atoms with van der Waals surface area (Å²) in [6, 6.07) is 0.263. The monoisotopic (exact) mass is 417 g/mol. The maximum Gasteiger partial charge on any atom is 0.225 e. The van der Waals surface area contributed by atoms with Gasteiger partial charge in [0.15, 0.2) is 5.96 Å². The fraction of sp³-hybridized carbons (Fsp3) is 0.773. The van der Waals surface area contributed by atoms with Gasteiger partial charge in [0.05, 0.1) is 5.69 Å². The van der Waals surface area contributed by atoms with Crippen molar-refractivity contribution in [3.8, 4) is 0 Å². The first-order chi connectivity index (χ1) is 14.4. The van der Waals surface area contributed by atoms with Crippen LogP contribution in [0, 0.1) is 19.8 Å². The molecule has 2 fully saturated rings. The van der Waals surface area contributed by atoms with Crippen molar-refractivity contribution >= 4 is 11.9 Å². The van der Waals surface area contributed by atoms with Crippen LogP contribution < -0.4 is 10.6 Å². The van der Waals surface area contributed by atoms with E-state index < -0.39 is 0 Å². The van der Waals surface area contributed by atoms with Crippen LogP contribution in [0.25, 0.3) is 0 Å². The van der Waals surface area contributed by atoms with Gasteiger partial charge in [-0.2, -0.15) is 5.10 Å². The van der Waals surface area contributed by atoms with Gasteiger partial charge in [0, 0.05) is 71.0 Å². The van der Waals surface area contributed by atoms with E-state index in [0.29, 0.717) is 11.8 Å². The predicted molar refractivity (Wildman–Crippen MR) is 121 cm³/mol. The van der Waals surface area contributed by atoms with Crippen molar-refractivity contribution in [3.63, 3.8) is 0 Å². The van der Waals surface area contributed by atoms with E-state index in [4.69, 9.17) is 0 Å². The molecule has 168 valence electrons. The fourth-order valence-electron chi connectivity index (χ4n) is 4.34. The Morgan fingerprint density at radius 1 is 1.23 bits per heavy atom. The lowest BCUT2D eigenvalue weighted by Crippen LogP contribution is -2.52. The van der Waals surface area contributed by atoms with E-state index in [2.05, 4.69) is 51.3 Å². The second-order valence-corrected chi connectivity index (χ2v) is 8.82. The van der Waals surface area contributed by atoms with Crippen LogP contribution in [0.1, 0.15) is 43.1 Å². The zero-order chi connectivity index (χ0) is 21.7. The quantitative estimate of drug-likeness (QED) is 0.513. The first-order valence-electron chi connectivity index (χ1n) is 11.4. The summed E-state index contributed by atoms with van der Waals surface area (Å²) < 4.78 is 1.95. The number of guanidine groups is 1. The van der Waals surface area contributed by atoms with Crippen LogP contribution in [0.4, 0.5) is 0 Å². The molecule has 30 heavy (non-hydrogen) atoms. The Balaban J connectivity index is 1.36. The van der Waals surface area contributed by atoms with E-state index in [1.165, 1.54) is 17.7 Å². The third-order valence-electron chi connectivity index (χ3n) is 6.63. The minimum absolute atomic E-state index is 0.263. The molecule has 2 N–H and O–H groups in total. The number of hydrogen-bond donors (Lipinski definition) is 2. The van der Waals surface area contributed by atoms with Gasteiger partial charge in [-0.25, -0.2) is 0 Å². The number of rotatable bonds is 7. The first-order valence-corrected chi connectivity index (χ1v) is 11.4. The normalized spacial score (nSPS) is 19.5. The van der Waals surface area contributed by atoms with Crippen molar-refractivity contribution < 1.29 is 4.79 Å². The van der Waals surface area contributed by atoms with Crippen LogP contribution in [-0.4, -0.2) is 83.8 Å². The van der Waals surface area contributed by atoms with Gasteiger partial charge in [-0.3, -0.25) is 19.4 Å². The molecule has 0 radical (unpaired) electrons. The molecule has 1 saturated heterocycles. The van der Waals surface area contributed by atoms with Crippen LogP contribution >= 0.6 is 0 Å². The summed E-state index contributed by atoms with van der Waals surface area (Å²) in [5.74, 6) is 1.53. The number of aryl methyl sites for hydroxylation is 2. The van der Waals surface area contributed by atoms with Crippen molar-refractivity contribution in [2.24, 2.45) is 18.0 Å². The van der Waals surface area contributed by atoms with Gasteiger partial charge in [0.1, 0.15) is 0 Å². The molecule has 3 rings (SSSR count). The highest BCUT2D eigenvalue weighted by molar-refractivity contribution is 5.80. The van der Waals surface area contributed by atoms with Crippen LogP contribution in [0.3, 0.4) is 0 Å². The molecular formula is C22H39N7O. The standard InChI is InChI=1S/C22H39N7O/c1-16(15-20-17(2)26-27(5)18(20)3)25-22(23-4)24-9-10-28-11-13-29(14-12-28)21(30)19-7-6-8-19/h16,19H,6-15H2,1-5H3,(H2,23,24,25). The third-order valence-corrected chi connectivity index (χ3v) is 6.63. The molecule has 8 nitrogen and oxygen atoms in total. The van der Waals surface area contributed by atoms with Gasteiger partial charge in [0.25, 0.3) is 0 Å². The number of carbonyl (C=O) groups excluding carboxylic acids is 1. The Hall–Kier alpha value is -2.09. The van der Waals surface area contributed by atoms with Crippen molar-refractivity contribution in [2.75, 3.05) is 46.3 Å². The number of piperazine rings is 1. The number of aliphatic imine (C=N–C) groups is 1. The fourth-order valence-corrected chi connectivity index (χ4v) is 4.34. The van der Waals surface area contributed by atoms with Gasteiger partial charge in [-0.15, -0.1) is 0 Å². The molecule has 1 saturated carbocycles. The number of carbonyl (C=O) groups is 1. The zero-order valence-corrected chi connectivity index (χ0v) is 19.4. The summed E-state index contributed by atoms with van der Waals surface area (Å²) in [6.45, 7) is 11.8. The van der Waals surface area contributed by atoms with E-state index >= 15 is 0 Å². The predicted octanol–water partition coefficient (Wildman–Crippen LogP) is 1.08. The van der Waals surface area contributed by atoms with Gasteiger partial charge in [-0.05, 0) is 45.6 Å². The van der Waals surface area contributed by atoms with Crippen molar-refractivity contribution in [1.82, 2.24) is 30.2 Å². The molecule has 2 heterocycles. The second-order valence-electron chi connectivity index (χ2n) is 8.82. The van der Waals surface area contributed by atoms with E-state index in [1.54, 1.807) is 0 Å². The average Bonchev–Trinajstić information content (AvgIpc) is 2.92. The second kappa shape index (κ2) is 10.3.